The summed E-state index contributed by atoms with van der Waals surface area (Å²) in [5.41, 5.74) is 0.918. The zero-order valence-electron chi connectivity index (χ0n) is 13.3. The molecule has 0 spiro atoms. The number of benzene rings is 2. The van der Waals surface area contributed by atoms with Crippen LogP contribution in [0.3, 0.4) is 0 Å². The van der Waals surface area contributed by atoms with Crippen LogP contribution in [-0.4, -0.2) is 37.7 Å². The van der Waals surface area contributed by atoms with Gasteiger partial charge in [-0.2, -0.15) is 0 Å². The Kier molecular flexibility index (Phi) is 4.84. The normalized spacial score (nSPS) is 12.6. The van der Waals surface area contributed by atoms with Crippen LogP contribution in [0.5, 0.6) is 17.2 Å². The highest BCUT2D eigenvalue weighted by molar-refractivity contribution is 5.77. The van der Waals surface area contributed by atoms with Gasteiger partial charge < -0.3 is 19.1 Å². The van der Waals surface area contributed by atoms with Gasteiger partial charge >= 0.3 is 0 Å². The van der Waals surface area contributed by atoms with Crippen molar-refractivity contribution >= 4 is 5.91 Å². The molecule has 1 heterocycles. The van der Waals surface area contributed by atoms with Gasteiger partial charge in [-0.1, -0.05) is 18.2 Å². The molecule has 3 rings (SSSR count). The number of nitrogens with zero attached hydrogens (tertiary/aromatic N) is 1. The lowest BCUT2D eigenvalue weighted by atomic mass is 10.2. The van der Waals surface area contributed by atoms with E-state index in [-0.39, 0.29) is 18.3 Å². The number of hydrogen-bond acceptors (Lipinski definition) is 4. The molecule has 126 valence electrons. The lowest BCUT2D eigenvalue weighted by molar-refractivity contribution is -0.132. The standard InChI is InChI=1S/C18H18FNO4/c1-20(18(21)12-24-15-5-3-2-4-14(15)19)11-13-6-7-16-17(10-13)23-9-8-22-16/h2-7,10H,8-9,11-12H2,1H3. The van der Waals surface area contributed by atoms with Crippen molar-refractivity contribution in [3.05, 3.63) is 53.8 Å². The van der Waals surface area contributed by atoms with Gasteiger partial charge in [-0.15, -0.1) is 0 Å². The molecule has 0 aliphatic carbocycles. The van der Waals surface area contributed by atoms with Gasteiger partial charge in [0.15, 0.2) is 29.7 Å². The van der Waals surface area contributed by atoms with Gasteiger partial charge in [0.1, 0.15) is 13.2 Å². The zero-order chi connectivity index (χ0) is 16.9. The van der Waals surface area contributed by atoms with Gasteiger partial charge in [-0.05, 0) is 29.8 Å². The van der Waals surface area contributed by atoms with Crippen LogP contribution in [0.2, 0.25) is 0 Å². The number of hydrogen-bond donors (Lipinski definition) is 0. The van der Waals surface area contributed by atoms with Crippen molar-refractivity contribution in [1.29, 1.82) is 0 Å². The Morgan fingerprint density at radius 1 is 1.17 bits per heavy atom. The van der Waals surface area contributed by atoms with E-state index in [9.17, 15) is 9.18 Å². The molecule has 1 aliphatic heterocycles. The van der Waals surface area contributed by atoms with E-state index in [1.165, 1.54) is 17.0 Å². The summed E-state index contributed by atoms with van der Waals surface area (Å²) in [4.78, 5) is 13.7. The van der Waals surface area contributed by atoms with Gasteiger partial charge in [-0.3, -0.25) is 4.79 Å². The molecule has 5 nitrogen and oxygen atoms in total. The minimum absolute atomic E-state index is 0.0681. The van der Waals surface area contributed by atoms with Crippen molar-refractivity contribution in [2.75, 3.05) is 26.9 Å². The van der Waals surface area contributed by atoms with Crippen LogP contribution in [0.15, 0.2) is 42.5 Å². The summed E-state index contributed by atoms with van der Waals surface area (Å²) < 4.78 is 29.7. The average Bonchev–Trinajstić information content (AvgIpc) is 2.60. The number of halogens is 1. The lowest BCUT2D eigenvalue weighted by Gasteiger charge is -2.21. The number of amides is 1. The van der Waals surface area contributed by atoms with Crippen molar-refractivity contribution in [2.24, 2.45) is 0 Å². The largest absolute Gasteiger partial charge is 0.486 e. The van der Waals surface area contributed by atoms with E-state index >= 15 is 0 Å². The van der Waals surface area contributed by atoms with E-state index in [4.69, 9.17) is 14.2 Å². The van der Waals surface area contributed by atoms with Crippen LogP contribution in [0.25, 0.3) is 0 Å². The van der Waals surface area contributed by atoms with Crippen LogP contribution < -0.4 is 14.2 Å². The maximum atomic E-state index is 13.5. The molecule has 6 heteroatoms. The Morgan fingerprint density at radius 3 is 2.71 bits per heavy atom. The molecule has 1 aliphatic rings. The van der Waals surface area contributed by atoms with Gasteiger partial charge in [0.25, 0.3) is 5.91 Å². The van der Waals surface area contributed by atoms with E-state index in [1.807, 2.05) is 18.2 Å². The maximum absolute atomic E-state index is 13.5. The number of carbonyl (C=O) groups excluding carboxylic acids is 1. The fraction of sp³-hybridized carbons (Fsp3) is 0.278. The fourth-order valence-electron chi connectivity index (χ4n) is 2.36. The van der Waals surface area contributed by atoms with Gasteiger partial charge in [0, 0.05) is 13.6 Å². The Labute approximate surface area is 139 Å². The Balaban J connectivity index is 1.57. The van der Waals surface area contributed by atoms with Gasteiger partial charge in [0.2, 0.25) is 0 Å². The van der Waals surface area contributed by atoms with Crippen molar-refractivity contribution in [3.8, 4) is 17.2 Å². The Hall–Kier alpha value is -2.76. The van der Waals surface area contributed by atoms with E-state index < -0.39 is 5.82 Å². The monoisotopic (exact) mass is 331 g/mol. The van der Waals surface area contributed by atoms with E-state index in [0.717, 1.165) is 5.56 Å². The summed E-state index contributed by atoms with van der Waals surface area (Å²) in [7, 11) is 1.67. The van der Waals surface area contributed by atoms with Crippen molar-refractivity contribution in [2.45, 2.75) is 6.54 Å². The maximum Gasteiger partial charge on any atom is 0.260 e. The molecule has 0 bridgehead atoms. The third kappa shape index (κ3) is 3.76. The van der Waals surface area contributed by atoms with Crippen LogP contribution >= 0.6 is 0 Å². The zero-order valence-corrected chi connectivity index (χ0v) is 13.3. The molecule has 2 aromatic rings. The molecule has 1 amide bonds. The SMILES string of the molecule is CN(Cc1ccc2c(c1)OCCO2)C(=O)COc1ccccc1F. The number of likely N-dealkylation sites (N-methyl/N-ethyl adjacent to an activating group) is 1. The highest BCUT2D eigenvalue weighted by Crippen LogP contribution is 2.31. The molecule has 0 saturated carbocycles. The number of rotatable bonds is 5. The molecule has 0 fully saturated rings. The second kappa shape index (κ2) is 7.21. The lowest BCUT2D eigenvalue weighted by Crippen LogP contribution is -2.31. The molecule has 2 aromatic carbocycles. The topological polar surface area (TPSA) is 48.0 Å². The summed E-state index contributed by atoms with van der Waals surface area (Å²) in [5.74, 6) is 0.732. The minimum Gasteiger partial charge on any atom is -0.486 e. The third-order valence-electron chi connectivity index (χ3n) is 3.64. The quantitative estimate of drug-likeness (QED) is 0.845. The molecular weight excluding hydrogens is 313 g/mol. The highest BCUT2D eigenvalue weighted by Gasteiger charge is 2.15. The molecule has 0 radical (unpaired) electrons. The summed E-state index contributed by atoms with van der Waals surface area (Å²) in [6.07, 6.45) is 0. The van der Waals surface area contributed by atoms with E-state index in [0.29, 0.717) is 31.3 Å². The van der Waals surface area contributed by atoms with Crippen molar-refractivity contribution in [1.82, 2.24) is 4.90 Å². The smallest absolute Gasteiger partial charge is 0.260 e. The number of fused-ring (bicyclic) bond motifs is 1. The Bertz CT molecular complexity index is 735. The van der Waals surface area contributed by atoms with E-state index in [2.05, 4.69) is 0 Å². The minimum atomic E-state index is -0.486. The van der Waals surface area contributed by atoms with E-state index in [1.54, 1.807) is 19.2 Å². The number of para-hydroxylation sites is 1. The molecule has 0 unspecified atom stereocenters. The molecule has 0 aromatic heterocycles. The summed E-state index contributed by atoms with van der Waals surface area (Å²) in [6, 6.07) is 11.6. The highest BCUT2D eigenvalue weighted by atomic mass is 19.1. The molecule has 0 N–H and O–H groups in total. The first-order chi connectivity index (χ1) is 11.6. The first-order valence-corrected chi connectivity index (χ1v) is 7.63. The van der Waals surface area contributed by atoms with Crippen LogP contribution in [0.4, 0.5) is 4.39 Å². The third-order valence-corrected chi connectivity index (χ3v) is 3.64. The molecule has 0 saturated heterocycles. The second-order valence-electron chi connectivity index (χ2n) is 5.45. The first kappa shape index (κ1) is 16.1. The number of carbonyl (C=O) groups is 1. The fourth-order valence-corrected chi connectivity index (χ4v) is 2.36. The predicted molar refractivity (Wildman–Crippen MR) is 85.8 cm³/mol. The van der Waals surface area contributed by atoms with Crippen LogP contribution in [0.1, 0.15) is 5.56 Å². The molecule has 0 atom stereocenters. The van der Waals surface area contributed by atoms with Crippen molar-refractivity contribution < 1.29 is 23.4 Å². The Morgan fingerprint density at radius 2 is 1.92 bits per heavy atom. The van der Waals surface area contributed by atoms with Gasteiger partial charge in [-0.25, -0.2) is 4.39 Å². The predicted octanol–water partition coefficient (Wildman–Crippen LogP) is 2.63. The number of ether oxygens (including phenoxy) is 3. The van der Waals surface area contributed by atoms with Crippen molar-refractivity contribution in [3.63, 3.8) is 0 Å². The summed E-state index contributed by atoms with van der Waals surface area (Å²) in [6.45, 7) is 1.23. The average molecular weight is 331 g/mol. The second-order valence-corrected chi connectivity index (χ2v) is 5.45. The van der Waals surface area contributed by atoms with Gasteiger partial charge in [0.05, 0.1) is 0 Å². The molecular formula is C18H18FNO4. The van der Waals surface area contributed by atoms with Crippen LogP contribution in [-0.2, 0) is 11.3 Å². The molecule has 24 heavy (non-hydrogen) atoms. The summed E-state index contributed by atoms with van der Waals surface area (Å²) in [5, 5.41) is 0. The summed E-state index contributed by atoms with van der Waals surface area (Å²) >= 11 is 0. The first-order valence-electron chi connectivity index (χ1n) is 7.63. The van der Waals surface area contributed by atoms with Crippen LogP contribution in [0, 0.1) is 5.82 Å².